The summed E-state index contributed by atoms with van der Waals surface area (Å²) in [4.78, 5) is 11.6. The molecule has 3 N–H and O–H groups in total. The number of carbonyl (C=O) groups excluding carboxylic acids is 1. The Kier molecular flexibility index (Phi) is 8.18. The minimum atomic E-state index is -2.94. The maximum atomic E-state index is 11.6. The first-order valence-electron chi connectivity index (χ1n) is 6.39. The molecular formula is C12H26N2O3S. The summed E-state index contributed by atoms with van der Waals surface area (Å²) in [6.07, 6.45) is 3.02. The molecule has 18 heavy (non-hydrogen) atoms. The van der Waals surface area contributed by atoms with Crippen LogP contribution in [0.25, 0.3) is 0 Å². The van der Waals surface area contributed by atoms with Crippen LogP contribution < -0.4 is 11.1 Å². The van der Waals surface area contributed by atoms with Crippen molar-refractivity contribution >= 4 is 15.7 Å². The fourth-order valence-electron chi connectivity index (χ4n) is 1.83. The van der Waals surface area contributed by atoms with Crippen LogP contribution in [0.1, 0.15) is 33.1 Å². The van der Waals surface area contributed by atoms with E-state index in [1.165, 1.54) is 6.26 Å². The predicted octanol–water partition coefficient (Wildman–Crippen LogP) is 0.548. The number of hydrogen-bond donors (Lipinski definition) is 2. The van der Waals surface area contributed by atoms with E-state index in [2.05, 4.69) is 19.2 Å². The van der Waals surface area contributed by atoms with Crippen molar-refractivity contribution in [1.29, 1.82) is 0 Å². The van der Waals surface area contributed by atoms with Crippen LogP contribution in [-0.2, 0) is 14.6 Å². The summed E-state index contributed by atoms with van der Waals surface area (Å²) in [5.74, 6) is 0.802. The molecule has 0 aliphatic rings. The van der Waals surface area contributed by atoms with Crippen LogP contribution in [0.2, 0.25) is 0 Å². The Morgan fingerprint density at radius 2 is 1.94 bits per heavy atom. The standard InChI is InChI=1S/C12H26N2O3S/c1-10(2)7-11(9-13)8-12(15)14-5-4-6-18(3,16)17/h10-11H,4-9,13H2,1-3H3,(H,14,15)/t11-/m0/s1. The second-order valence-electron chi connectivity index (χ2n) is 5.27. The summed E-state index contributed by atoms with van der Waals surface area (Å²) in [5.41, 5.74) is 5.62. The van der Waals surface area contributed by atoms with E-state index in [1.807, 2.05) is 0 Å². The topological polar surface area (TPSA) is 89.3 Å². The van der Waals surface area contributed by atoms with Gasteiger partial charge in [0.05, 0.1) is 5.75 Å². The fourth-order valence-corrected chi connectivity index (χ4v) is 2.49. The predicted molar refractivity (Wildman–Crippen MR) is 74.0 cm³/mol. The van der Waals surface area contributed by atoms with Gasteiger partial charge in [0.1, 0.15) is 9.84 Å². The Balaban J connectivity index is 3.82. The molecule has 108 valence electrons. The fraction of sp³-hybridized carbons (Fsp3) is 0.917. The molecule has 0 rings (SSSR count). The van der Waals surface area contributed by atoms with E-state index in [9.17, 15) is 13.2 Å². The zero-order valence-electron chi connectivity index (χ0n) is 11.6. The smallest absolute Gasteiger partial charge is 0.220 e. The number of nitrogens with one attached hydrogen (secondary N) is 1. The van der Waals surface area contributed by atoms with Gasteiger partial charge < -0.3 is 11.1 Å². The van der Waals surface area contributed by atoms with Gasteiger partial charge in [-0.05, 0) is 31.2 Å². The summed E-state index contributed by atoms with van der Waals surface area (Å²) in [7, 11) is -2.94. The lowest BCUT2D eigenvalue weighted by Gasteiger charge is -2.16. The molecule has 1 amide bonds. The number of hydrogen-bond acceptors (Lipinski definition) is 4. The Bertz CT molecular complexity index is 339. The van der Waals surface area contributed by atoms with E-state index in [-0.39, 0.29) is 17.6 Å². The SMILES string of the molecule is CC(C)C[C@H](CN)CC(=O)NCCCS(C)(=O)=O. The molecule has 0 aliphatic heterocycles. The molecule has 1 atom stereocenters. The molecule has 0 aliphatic carbocycles. The van der Waals surface area contributed by atoms with Crippen molar-refractivity contribution in [2.45, 2.75) is 33.1 Å². The van der Waals surface area contributed by atoms with E-state index in [0.29, 0.717) is 31.8 Å². The first-order chi connectivity index (χ1) is 8.24. The highest BCUT2D eigenvalue weighted by Gasteiger charge is 2.13. The largest absolute Gasteiger partial charge is 0.356 e. The van der Waals surface area contributed by atoms with Crippen LogP contribution >= 0.6 is 0 Å². The second-order valence-corrected chi connectivity index (χ2v) is 7.53. The van der Waals surface area contributed by atoms with Crippen molar-refractivity contribution in [1.82, 2.24) is 5.32 Å². The maximum Gasteiger partial charge on any atom is 0.220 e. The molecule has 0 aromatic rings. The summed E-state index contributed by atoms with van der Waals surface area (Å²) < 4.78 is 21.8. The Morgan fingerprint density at radius 1 is 1.33 bits per heavy atom. The third-order valence-electron chi connectivity index (χ3n) is 2.63. The molecule has 0 spiro atoms. The van der Waals surface area contributed by atoms with Crippen molar-refractivity contribution in [2.75, 3.05) is 25.1 Å². The minimum absolute atomic E-state index is 0.0420. The minimum Gasteiger partial charge on any atom is -0.356 e. The number of rotatable bonds is 9. The van der Waals surface area contributed by atoms with Crippen LogP contribution in [0.3, 0.4) is 0 Å². The van der Waals surface area contributed by atoms with Gasteiger partial charge in [0.25, 0.3) is 0 Å². The molecular weight excluding hydrogens is 252 g/mol. The molecule has 0 aromatic heterocycles. The molecule has 0 heterocycles. The van der Waals surface area contributed by atoms with Crippen LogP contribution in [0.15, 0.2) is 0 Å². The van der Waals surface area contributed by atoms with Gasteiger partial charge in [-0.3, -0.25) is 4.79 Å². The Morgan fingerprint density at radius 3 is 2.39 bits per heavy atom. The van der Waals surface area contributed by atoms with Crippen molar-refractivity contribution in [3.63, 3.8) is 0 Å². The average Bonchev–Trinajstić information content (AvgIpc) is 2.21. The molecule has 0 saturated carbocycles. The normalized spacial score (nSPS) is 13.6. The molecule has 0 aromatic carbocycles. The van der Waals surface area contributed by atoms with Gasteiger partial charge in [-0.2, -0.15) is 0 Å². The van der Waals surface area contributed by atoms with Gasteiger partial charge in [0.15, 0.2) is 0 Å². The van der Waals surface area contributed by atoms with Crippen LogP contribution in [0.4, 0.5) is 0 Å². The highest BCUT2D eigenvalue weighted by Crippen LogP contribution is 2.13. The molecule has 0 radical (unpaired) electrons. The monoisotopic (exact) mass is 278 g/mol. The van der Waals surface area contributed by atoms with E-state index < -0.39 is 9.84 Å². The lowest BCUT2D eigenvalue weighted by molar-refractivity contribution is -0.122. The number of nitrogens with two attached hydrogens (primary N) is 1. The number of amides is 1. The Hall–Kier alpha value is -0.620. The first-order valence-corrected chi connectivity index (χ1v) is 8.45. The van der Waals surface area contributed by atoms with Crippen molar-refractivity contribution in [3.8, 4) is 0 Å². The average molecular weight is 278 g/mol. The summed E-state index contributed by atoms with van der Waals surface area (Å²) in [6, 6.07) is 0. The van der Waals surface area contributed by atoms with E-state index in [0.717, 1.165) is 6.42 Å². The van der Waals surface area contributed by atoms with Crippen LogP contribution in [0, 0.1) is 11.8 Å². The van der Waals surface area contributed by atoms with E-state index in [4.69, 9.17) is 5.73 Å². The zero-order valence-corrected chi connectivity index (χ0v) is 12.4. The van der Waals surface area contributed by atoms with Gasteiger partial charge >= 0.3 is 0 Å². The molecule has 0 fully saturated rings. The Labute approximate surface area is 110 Å². The van der Waals surface area contributed by atoms with Gasteiger partial charge in [0.2, 0.25) is 5.91 Å². The second kappa shape index (κ2) is 8.48. The lowest BCUT2D eigenvalue weighted by Crippen LogP contribution is -2.30. The first kappa shape index (κ1) is 17.4. The summed E-state index contributed by atoms with van der Waals surface area (Å²) in [5, 5.41) is 2.73. The third kappa shape index (κ3) is 10.5. The van der Waals surface area contributed by atoms with Gasteiger partial charge in [0, 0.05) is 19.2 Å². The molecule has 5 nitrogen and oxygen atoms in total. The molecule has 0 saturated heterocycles. The molecule has 6 heteroatoms. The van der Waals surface area contributed by atoms with Crippen molar-refractivity contribution in [3.05, 3.63) is 0 Å². The molecule has 0 unspecified atom stereocenters. The van der Waals surface area contributed by atoms with E-state index in [1.54, 1.807) is 0 Å². The highest BCUT2D eigenvalue weighted by atomic mass is 32.2. The van der Waals surface area contributed by atoms with E-state index >= 15 is 0 Å². The van der Waals surface area contributed by atoms with Gasteiger partial charge in [-0.15, -0.1) is 0 Å². The van der Waals surface area contributed by atoms with Crippen molar-refractivity contribution < 1.29 is 13.2 Å². The van der Waals surface area contributed by atoms with Crippen molar-refractivity contribution in [2.24, 2.45) is 17.6 Å². The summed E-state index contributed by atoms with van der Waals surface area (Å²) in [6.45, 7) is 5.12. The summed E-state index contributed by atoms with van der Waals surface area (Å²) >= 11 is 0. The maximum absolute atomic E-state index is 11.6. The van der Waals surface area contributed by atoms with Crippen LogP contribution in [0.5, 0.6) is 0 Å². The number of sulfone groups is 1. The van der Waals surface area contributed by atoms with Gasteiger partial charge in [-0.1, -0.05) is 13.8 Å². The quantitative estimate of drug-likeness (QED) is 0.603. The molecule has 0 bridgehead atoms. The highest BCUT2D eigenvalue weighted by molar-refractivity contribution is 7.90. The van der Waals surface area contributed by atoms with Crippen LogP contribution in [-0.4, -0.2) is 39.4 Å². The van der Waals surface area contributed by atoms with Gasteiger partial charge in [-0.25, -0.2) is 8.42 Å². The third-order valence-corrected chi connectivity index (χ3v) is 3.66. The zero-order chi connectivity index (χ0) is 14.2. The number of carbonyl (C=O) groups is 1. The lowest BCUT2D eigenvalue weighted by atomic mass is 9.94.